The van der Waals surface area contributed by atoms with E-state index < -0.39 is 0 Å². The van der Waals surface area contributed by atoms with Crippen molar-refractivity contribution in [3.05, 3.63) is 88.7 Å². The highest BCUT2D eigenvalue weighted by molar-refractivity contribution is 5.94. The topological polar surface area (TPSA) is 56.1 Å². The molecule has 0 fully saturated rings. The quantitative estimate of drug-likeness (QED) is 0.759. The zero-order chi connectivity index (χ0) is 18.6. The Morgan fingerprint density at radius 1 is 1.19 bits per heavy atom. The van der Waals surface area contributed by atoms with Crippen LogP contribution in [0.3, 0.4) is 0 Å². The van der Waals surface area contributed by atoms with Gasteiger partial charge in [0.15, 0.2) is 0 Å². The lowest BCUT2D eigenvalue weighted by atomic mass is 10.1. The van der Waals surface area contributed by atoms with Gasteiger partial charge in [-0.3, -0.25) is 9.48 Å². The highest BCUT2D eigenvalue weighted by atomic mass is 16.5. The number of nitrogens with one attached hydrogen (secondary N) is 1. The number of carbonyl (C=O) groups is 1. The monoisotopic (exact) mass is 361 g/mol. The Labute approximate surface area is 159 Å². The zero-order valence-electron chi connectivity index (χ0n) is 15.4. The average Bonchev–Trinajstić information content (AvgIpc) is 3.10. The number of aryl methyl sites for hydroxylation is 1. The molecule has 1 aliphatic heterocycles. The highest BCUT2D eigenvalue weighted by Crippen LogP contribution is 2.25. The average molecular weight is 361 g/mol. The van der Waals surface area contributed by atoms with E-state index in [0.717, 1.165) is 24.2 Å². The second-order valence-corrected chi connectivity index (χ2v) is 6.91. The summed E-state index contributed by atoms with van der Waals surface area (Å²) in [5.41, 5.74) is 5.14. The van der Waals surface area contributed by atoms with Gasteiger partial charge in [-0.05, 0) is 36.6 Å². The summed E-state index contributed by atoms with van der Waals surface area (Å²) in [5, 5.41) is 7.70. The van der Waals surface area contributed by atoms with Crippen LogP contribution >= 0.6 is 0 Å². The van der Waals surface area contributed by atoms with Crippen LogP contribution in [-0.4, -0.2) is 28.8 Å². The van der Waals surface area contributed by atoms with Crippen molar-refractivity contribution in [1.29, 1.82) is 0 Å². The Kier molecular flexibility index (Phi) is 5.03. The second kappa shape index (κ2) is 7.76. The molecule has 0 radical (unpaired) electrons. The van der Waals surface area contributed by atoms with Gasteiger partial charge in [-0.15, -0.1) is 0 Å². The van der Waals surface area contributed by atoms with Crippen LogP contribution in [-0.2, 0) is 17.7 Å². The summed E-state index contributed by atoms with van der Waals surface area (Å²) in [6.07, 6.45) is 2.74. The van der Waals surface area contributed by atoms with Gasteiger partial charge in [-0.25, -0.2) is 0 Å². The summed E-state index contributed by atoms with van der Waals surface area (Å²) in [6, 6.07) is 17.8. The lowest BCUT2D eigenvalue weighted by Crippen LogP contribution is -2.31. The molecule has 1 atom stereocenters. The van der Waals surface area contributed by atoms with Gasteiger partial charge >= 0.3 is 0 Å². The third kappa shape index (κ3) is 4.09. The molecule has 2 aromatic carbocycles. The van der Waals surface area contributed by atoms with E-state index in [1.165, 1.54) is 11.1 Å². The minimum atomic E-state index is -0.208. The molecule has 0 aliphatic carbocycles. The van der Waals surface area contributed by atoms with Crippen molar-refractivity contribution in [3.8, 4) is 0 Å². The van der Waals surface area contributed by atoms with Crippen LogP contribution in [0.15, 0.2) is 60.8 Å². The molecular formula is C22H23N3O2. The van der Waals surface area contributed by atoms with Crippen molar-refractivity contribution < 1.29 is 9.53 Å². The largest absolute Gasteiger partial charge is 0.370 e. The number of carbonyl (C=O) groups excluding carboxylic acids is 1. The second-order valence-electron chi connectivity index (χ2n) is 6.91. The number of ether oxygens (including phenoxy) is 1. The molecular weight excluding hydrogens is 338 g/mol. The lowest BCUT2D eigenvalue weighted by Gasteiger charge is -2.22. The third-order valence-corrected chi connectivity index (χ3v) is 4.81. The van der Waals surface area contributed by atoms with Gasteiger partial charge in [-0.2, -0.15) is 5.10 Å². The summed E-state index contributed by atoms with van der Waals surface area (Å²) >= 11 is 0. The van der Waals surface area contributed by atoms with Crippen molar-refractivity contribution in [1.82, 2.24) is 15.1 Å². The van der Waals surface area contributed by atoms with Crippen LogP contribution in [0.25, 0.3) is 0 Å². The van der Waals surface area contributed by atoms with Crippen molar-refractivity contribution in [2.45, 2.75) is 26.0 Å². The Balaban J connectivity index is 1.43. The summed E-state index contributed by atoms with van der Waals surface area (Å²) in [4.78, 5) is 12.4. The number of hydrogen-bond acceptors (Lipinski definition) is 3. The summed E-state index contributed by atoms with van der Waals surface area (Å²) in [5.74, 6) is -0.0885. The van der Waals surface area contributed by atoms with Crippen molar-refractivity contribution in [2.75, 3.05) is 13.2 Å². The first kappa shape index (κ1) is 17.5. The fourth-order valence-corrected chi connectivity index (χ4v) is 3.33. The molecule has 3 aromatic rings. The van der Waals surface area contributed by atoms with Gasteiger partial charge in [0.05, 0.1) is 18.8 Å². The van der Waals surface area contributed by atoms with Crippen LogP contribution in [0.5, 0.6) is 0 Å². The van der Waals surface area contributed by atoms with E-state index >= 15 is 0 Å². The summed E-state index contributed by atoms with van der Waals surface area (Å²) < 4.78 is 7.84. The molecule has 2 heterocycles. The molecule has 5 nitrogen and oxygen atoms in total. The first-order valence-corrected chi connectivity index (χ1v) is 9.25. The maximum atomic E-state index is 12.4. The van der Waals surface area contributed by atoms with Gasteiger partial charge in [0.1, 0.15) is 6.10 Å². The van der Waals surface area contributed by atoms with E-state index in [0.29, 0.717) is 18.7 Å². The third-order valence-electron chi connectivity index (χ3n) is 4.81. The first-order chi connectivity index (χ1) is 13.2. The molecule has 5 heteroatoms. The summed E-state index contributed by atoms with van der Waals surface area (Å²) in [7, 11) is 0. The molecule has 1 amide bonds. The molecule has 0 bridgehead atoms. The van der Waals surface area contributed by atoms with Crippen LogP contribution < -0.4 is 5.32 Å². The number of benzene rings is 2. The lowest BCUT2D eigenvalue weighted by molar-refractivity contribution is 0.0383. The Hall–Kier alpha value is -2.92. The Morgan fingerprint density at radius 2 is 1.96 bits per heavy atom. The fourth-order valence-electron chi connectivity index (χ4n) is 3.33. The maximum Gasteiger partial charge on any atom is 0.251 e. The van der Waals surface area contributed by atoms with Crippen molar-refractivity contribution >= 4 is 5.91 Å². The van der Waals surface area contributed by atoms with Gasteiger partial charge in [0.2, 0.25) is 0 Å². The minimum absolute atomic E-state index is 0.0885. The standard InChI is InChI=1S/C22H23N3O2/c1-16-7-9-18(10-8-16)22(26)23-13-20-21-19(11-12-27-20)15-25(24-21)14-17-5-3-2-4-6-17/h2-10,15,20H,11-14H2,1H3,(H,23,26)/t20-/m1/s1. The molecule has 1 aromatic heterocycles. The minimum Gasteiger partial charge on any atom is -0.370 e. The van der Waals surface area contributed by atoms with E-state index in [1.807, 2.05) is 54.1 Å². The Morgan fingerprint density at radius 3 is 2.74 bits per heavy atom. The molecule has 138 valence electrons. The predicted octanol–water partition coefficient (Wildman–Crippen LogP) is 3.28. The van der Waals surface area contributed by atoms with Gasteiger partial charge in [-0.1, -0.05) is 48.0 Å². The normalized spacial score (nSPS) is 16.0. The van der Waals surface area contributed by atoms with Crippen LogP contribution in [0.2, 0.25) is 0 Å². The molecule has 0 spiro atoms. The van der Waals surface area contributed by atoms with Crippen molar-refractivity contribution in [3.63, 3.8) is 0 Å². The van der Waals surface area contributed by atoms with Gasteiger partial charge < -0.3 is 10.1 Å². The van der Waals surface area contributed by atoms with E-state index in [1.54, 1.807) is 0 Å². The van der Waals surface area contributed by atoms with E-state index in [9.17, 15) is 4.79 Å². The van der Waals surface area contributed by atoms with Crippen molar-refractivity contribution in [2.24, 2.45) is 0 Å². The number of fused-ring (bicyclic) bond motifs is 1. The number of rotatable bonds is 5. The molecule has 27 heavy (non-hydrogen) atoms. The Bertz CT molecular complexity index is 916. The predicted molar refractivity (Wildman–Crippen MR) is 104 cm³/mol. The maximum absolute atomic E-state index is 12.4. The molecule has 0 saturated carbocycles. The molecule has 1 N–H and O–H groups in total. The molecule has 1 aliphatic rings. The number of hydrogen-bond donors (Lipinski definition) is 1. The highest BCUT2D eigenvalue weighted by Gasteiger charge is 2.25. The molecule has 0 saturated heterocycles. The van der Waals surface area contributed by atoms with Crippen LogP contribution in [0, 0.1) is 6.92 Å². The summed E-state index contributed by atoms with van der Waals surface area (Å²) in [6.45, 7) is 3.80. The van der Waals surface area contributed by atoms with Gasteiger partial charge in [0.25, 0.3) is 5.91 Å². The smallest absolute Gasteiger partial charge is 0.251 e. The fraction of sp³-hybridized carbons (Fsp3) is 0.273. The van der Waals surface area contributed by atoms with Gasteiger partial charge in [0, 0.05) is 18.3 Å². The van der Waals surface area contributed by atoms with E-state index in [4.69, 9.17) is 9.84 Å². The molecule has 0 unspecified atom stereocenters. The van der Waals surface area contributed by atoms with Crippen LogP contribution in [0.4, 0.5) is 0 Å². The first-order valence-electron chi connectivity index (χ1n) is 9.25. The van der Waals surface area contributed by atoms with E-state index in [-0.39, 0.29) is 12.0 Å². The number of aromatic nitrogens is 2. The number of nitrogens with zero attached hydrogens (tertiary/aromatic N) is 2. The number of amides is 1. The zero-order valence-corrected chi connectivity index (χ0v) is 15.4. The van der Waals surface area contributed by atoms with E-state index in [2.05, 4.69) is 23.6 Å². The van der Waals surface area contributed by atoms with Crippen LogP contribution in [0.1, 0.15) is 38.8 Å². The SMILES string of the molecule is Cc1ccc(C(=O)NC[C@H]2OCCc3cn(Cc4ccccc4)nc32)cc1. The molecule has 4 rings (SSSR count).